The average Bonchev–Trinajstić information content (AvgIpc) is 3.35. The maximum absolute atomic E-state index is 12.7. The highest BCUT2D eigenvalue weighted by atomic mass is 32.2. The van der Waals surface area contributed by atoms with Crippen molar-refractivity contribution in [3.63, 3.8) is 0 Å². The monoisotopic (exact) mass is 421 g/mol. The number of sulfone groups is 1. The number of amides is 1. The van der Waals surface area contributed by atoms with E-state index in [0.29, 0.717) is 5.57 Å². The van der Waals surface area contributed by atoms with Gasteiger partial charge in [-0.05, 0) is 31.8 Å². The third-order valence-corrected chi connectivity index (χ3v) is 5.35. The number of nitrogens with one attached hydrogen (secondary N) is 1. The Morgan fingerprint density at radius 1 is 1.43 bits per heavy atom. The van der Waals surface area contributed by atoms with Gasteiger partial charge in [-0.1, -0.05) is 0 Å². The maximum Gasteiger partial charge on any atom is 0.422 e. The highest BCUT2D eigenvalue weighted by Crippen LogP contribution is 2.42. The Kier molecular flexibility index (Phi) is 6.04. The summed E-state index contributed by atoms with van der Waals surface area (Å²) in [4.78, 5) is 14.2. The van der Waals surface area contributed by atoms with Gasteiger partial charge in [0.05, 0.1) is 11.8 Å². The van der Waals surface area contributed by atoms with Gasteiger partial charge in [0.2, 0.25) is 5.91 Å². The minimum atomic E-state index is -4.52. The number of carbonyl (C=O) groups excluding carboxylic acids is 1. The number of nitrogens with zero attached hydrogens (tertiary/aromatic N) is 2. The number of hydrogen-bond acceptors (Lipinski definition) is 6. The van der Waals surface area contributed by atoms with E-state index in [4.69, 9.17) is 4.74 Å². The molecule has 1 aliphatic carbocycles. The topological polar surface area (TPSA) is 99.5 Å². The Hall–Kier alpha value is -2.22. The molecule has 0 radical (unpaired) electrons. The fraction of sp³-hybridized carbons (Fsp3) is 0.647. The number of carbonyl (C=O) groups is 1. The molecule has 2 unspecified atom stereocenters. The average molecular weight is 421 g/mol. The van der Waals surface area contributed by atoms with Crippen LogP contribution in [0.4, 0.5) is 13.2 Å². The number of halogens is 3. The van der Waals surface area contributed by atoms with Crippen LogP contribution in [0.15, 0.2) is 23.6 Å². The Morgan fingerprint density at radius 2 is 2.04 bits per heavy atom. The van der Waals surface area contributed by atoms with Crippen molar-refractivity contribution in [2.75, 3.05) is 25.7 Å². The molecule has 0 aromatic carbocycles. The van der Waals surface area contributed by atoms with Crippen LogP contribution in [-0.2, 0) is 19.4 Å². The summed E-state index contributed by atoms with van der Waals surface area (Å²) in [5, 5.41) is 11.7. The fourth-order valence-corrected chi connectivity index (χ4v) is 4.13. The molecule has 0 spiro atoms. The van der Waals surface area contributed by atoms with E-state index in [1.165, 1.54) is 17.9 Å². The van der Waals surface area contributed by atoms with Gasteiger partial charge in [-0.25, -0.2) is 8.42 Å². The van der Waals surface area contributed by atoms with E-state index in [9.17, 15) is 31.6 Å². The van der Waals surface area contributed by atoms with Gasteiger partial charge in [0.1, 0.15) is 17.3 Å². The van der Waals surface area contributed by atoms with Crippen LogP contribution in [0.3, 0.4) is 0 Å². The molecule has 0 aromatic rings. The lowest BCUT2D eigenvalue weighted by Gasteiger charge is -2.32. The zero-order valence-corrected chi connectivity index (χ0v) is 16.5. The second kappa shape index (κ2) is 7.66. The zero-order chi connectivity index (χ0) is 21.3. The number of nitriles is 1. The van der Waals surface area contributed by atoms with Crippen LogP contribution in [0.1, 0.15) is 19.8 Å². The molecule has 1 fully saturated rings. The van der Waals surface area contributed by atoms with E-state index < -0.39 is 45.9 Å². The predicted molar refractivity (Wildman–Crippen MR) is 94.3 cm³/mol. The van der Waals surface area contributed by atoms with E-state index in [1.807, 2.05) is 0 Å². The van der Waals surface area contributed by atoms with Crippen LogP contribution in [0.5, 0.6) is 0 Å². The van der Waals surface area contributed by atoms with E-state index in [0.717, 1.165) is 19.1 Å². The number of alkyl halides is 3. The van der Waals surface area contributed by atoms with Crippen molar-refractivity contribution in [1.82, 2.24) is 10.2 Å². The molecule has 7 nitrogen and oxygen atoms in total. The van der Waals surface area contributed by atoms with Crippen LogP contribution < -0.4 is 5.32 Å². The molecule has 0 bridgehead atoms. The van der Waals surface area contributed by atoms with Gasteiger partial charge in [0.25, 0.3) is 0 Å². The Bertz CT molecular complexity index is 841. The second-order valence-corrected chi connectivity index (χ2v) is 9.55. The molecular formula is C17H22F3N3O4S. The van der Waals surface area contributed by atoms with Gasteiger partial charge in [-0.2, -0.15) is 18.4 Å². The van der Waals surface area contributed by atoms with E-state index in [-0.39, 0.29) is 11.7 Å². The van der Waals surface area contributed by atoms with Crippen LogP contribution in [-0.4, -0.2) is 62.6 Å². The third kappa shape index (κ3) is 6.15. The summed E-state index contributed by atoms with van der Waals surface area (Å²) in [6.45, 7) is -0.212. The summed E-state index contributed by atoms with van der Waals surface area (Å²) in [6.07, 6.45) is 0.899. The smallest absolute Gasteiger partial charge is 0.422 e. The molecule has 1 amide bonds. The SMILES string of the molecule is CN1C=C(C2CC2)C(OCC(F)(F)F)=CC1C(=O)NC(C)(C#N)CS(C)(=O)=O. The van der Waals surface area contributed by atoms with Gasteiger partial charge in [-0.15, -0.1) is 0 Å². The Morgan fingerprint density at radius 3 is 2.50 bits per heavy atom. The van der Waals surface area contributed by atoms with Crippen molar-refractivity contribution in [3.8, 4) is 6.07 Å². The first-order valence-electron chi connectivity index (χ1n) is 8.49. The summed E-state index contributed by atoms with van der Waals surface area (Å²) < 4.78 is 65.6. The summed E-state index contributed by atoms with van der Waals surface area (Å²) >= 11 is 0. The lowest BCUT2D eigenvalue weighted by molar-refractivity contribution is -0.164. The lowest BCUT2D eigenvalue weighted by atomic mass is 10.0. The first-order chi connectivity index (χ1) is 12.7. The number of hydrogen-bond donors (Lipinski definition) is 1. The first-order valence-corrected chi connectivity index (χ1v) is 10.6. The molecule has 11 heteroatoms. The molecule has 1 heterocycles. The number of likely N-dealkylation sites (N-methyl/N-ethyl adjacent to an activating group) is 1. The molecule has 0 aromatic heterocycles. The Balaban J connectivity index is 2.22. The van der Waals surface area contributed by atoms with Crippen molar-refractivity contribution >= 4 is 15.7 Å². The van der Waals surface area contributed by atoms with E-state index in [1.54, 1.807) is 19.3 Å². The van der Waals surface area contributed by atoms with E-state index in [2.05, 4.69) is 5.32 Å². The summed E-state index contributed by atoms with van der Waals surface area (Å²) in [7, 11) is -1.99. The van der Waals surface area contributed by atoms with Crippen molar-refractivity contribution in [2.45, 2.75) is 37.5 Å². The minimum absolute atomic E-state index is 0.0140. The number of allylic oxidation sites excluding steroid dienone is 1. The third-order valence-electron chi connectivity index (χ3n) is 4.25. The normalized spacial score (nSPS) is 22.5. The lowest BCUT2D eigenvalue weighted by Crippen LogP contribution is -2.55. The second-order valence-electron chi connectivity index (χ2n) is 7.41. The Labute approximate surface area is 161 Å². The summed E-state index contributed by atoms with van der Waals surface area (Å²) in [6, 6.07) is 0.724. The van der Waals surface area contributed by atoms with Gasteiger partial charge in [0.15, 0.2) is 16.4 Å². The van der Waals surface area contributed by atoms with Crippen LogP contribution in [0, 0.1) is 17.2 Å². The van der Waals surface area contributed by atoms with E-state index >= 15 is 0 Å². The quantitative estimate of drug-likeness (QED) is 0.669. The van der Waals surface area contributed by atoms with Crippen LogP contribution in [0.2, 0.25) is 0 Å². The van der Waals surface area contributed by atoms with Crippen molar-refractivity contribution in [3.05, 3.63) is 23.6 Å². The van der Waals surface area contributed by atoms with Crippen molar-refractivity contribution < 1.29 is 31.1 Å². The van der Waals surface area contributed by atoms with Gasteiger partial charge >= 0.3 is 6.18 Å². The predicted octanol–water partition coefficient (Wildman–Crippen LogP) is 1.50. The molecule has 28 heavy (non-hydrogen) atoms. The molecular weight excluding hydrogens is 399 g/mol. The largest absolute Gasteiger partial charge is 0.484 e. The fourth-order valence-electron chi connectivity index (χ4n) is 2.94. The van der Waals surface area contributed by atoms with Crippen molar-refractivity contribution in [1.29, 1.82) is 5.26 Å². The molecule has 2 atom stereocenters. The molecule has 0 saturated heterocycles. The first kappa shape index (κ1) is 22.1. The van der Waals surface area contributed by atoms with Gasteiger partial charge in [0, 0.05) is 25.1 Å². The van der Waals surface area contributed by atoms with Gasteiger partial charge in [-0.3, -0.25) is 4.79 Å². The summed E-state index contributed by atoms with van der Waals surface area (Å²) in [5.41, 5.74) is -1.08. The molecule has 2 aliphatic rings. The molecule has 2 rings (SSSR count). The van der Waals surface area contributed by atoms with Crippen molar-refractivity contribution in [2.24, 2.45) is 5.92 Å². The minimum Gasteiger partial charge on any atom is -0.484 e. The van der Waals surface area contributed by atoms with Crippen LogP contribution >= 0.6 is 0 Å². The number of rotatable bonds is 7. The van der Waals surface area contributed by atoms with Crippen LogP contribution in [0.25, 0.3) is 0 Å². The molecule has 1 N–H and O–H groups in total. The molecule has 1 saturated carbocycles. The summed E-state index contributed by atoms with van der Waals surface area (Å²) in [5.74, 6) is -1.24. The zero-order valence-electron chi connectivity index (χ0n) is 15.7. The maximum atomic E-state index is 12.7. The highest BCUT2D eigenvalue weighted by molar-refractivity contribution is 7.90. The number of ether oxygens (including phenoxy) is 1. The standard InChI is InChI=1S/C17H22F3N3O4S/c1-16(8-21,10-28(3,25)26)22-15(24)13-6-14(27-9-17(18,19)20)12(7-23(13)2)11-4-5-11/h6-7,11,13H,4-5,9-10H2,1-3H3,(H,22,24). The molecule has 156 valence electrons. The molecule has 1 aliphatic heterocycles. The highest BCUT2D eigenvalue weighted by Gasteiger charge is 2.39. The van der Waals surface area contributed by atoms with Gasteiger partial charge < -0.3 is 15.0 Å².